The topological polar surface area (TPSA) is 50.4 Å². The Morgan fingerprint density at radius 3 is 2.23 bits per heavy atom. The second-order valence-electron chi connectivity index (χ2n) is 7.67. The zero-order valence-electron chi connectivity index (χ0n) is 16.4. The third kappa shape index (κ3) is 6.75. The largest absolute Gasteiger partial charge is 0.416 e. The molecule has 4 nitrogen and oxygen atoms in total. The Morgan fingerprint density at radius 2 is 1.80 bits per heavy atom. The van der Waals surface area contributed by atoms with Gasteiger partial charge in [-0.15, -0.1) is 11.6 Å². The Labute approximate surface area is 175 Å². The Balaban J connectivity index is 2.06. The fourth-order valence-electron chi connectivity index (χ4n) is 3.18. The van der Waals surface area contributed by atoms with Gasteiger partial charge < -0.3 is 15.4 Å². The SMILES string of the molecule is CC(OCC1(C)CCC(NC(=O)CCl)CN1)c1cc(C(F)(F)F)cc(C(F)(F)F)c1. The number of hydrogen-bond acceptors (Lipinski definition) is 3. The quantitative estimate of drug-likeness (QED) is 0.479. The molecule has 0 aliphatic carbocycles. The maximum Gasteiger partial charge on any atom is 0.416 e. The summed E-state index contributed by atoms with van der Waals surface area (Å²) < 4.78 is 83.8. The molecule has 1 aliphatic heterocycles. The van der Waals surface area contributed by atoms with E-state index in [4.69, 9.17) is 16.3 Å². The number of carbonyl (C=O) groups excluding carboxylic acids is 1. The Hall–Kier alpha value is -1.52. The van der Waals surface area contributed by atoms with Crippen molar-refractivity contribution in [1.29, 1.82) is 0 Å². The lowest BCUT2D eigenvalue weighted by Gasteiger charge is -2.39. The highest BCUT2D eigenvalue weighted by Crippen LogP contribution is 2.38. The first-order valence-corrected chi connectivity index (χ1v) is 9.78. The predicted molar refractivity (Wildman–Crippen MR) is 99.1 cm³/mol. The van der Waals surface area contributed by atoms with Gasteiger partial charge in [0.2, 0.25) is 5.91 Å². The van der Waals surface area contributed by atoms with Gasteiger partial charge in [0.05, 0.1) is 23.8 Å². The van der Waals surface area contributed by atoms with Gasteiger partial charge in [0, 0.05) is 18.1 Å². The first kappa shape index (κ1) is 24.7. The van der Waals surface area contributed by atoms with Gasteiger partial charge in [-0.1, -0.05) is 0 Å². The summed E-state index contributed by atoms with van der Waals surface area (Å²) in [6.07, 6.45) is -9.58. The Kier molecular flexibility index (Phi) is 7.68. The smallest absolute Gasteiger partial charge is 0.372 e. The van der Waals surface area contributed by atoms with Gasteiger partial charge in [-0.3, -0.25) is 4.79 Å². The molecule has 11 heteroatoms. The summed E-state index contributed by atoms with van der Waals surface area (Å²) in [5.74, 6) is -0.437. The van der Waals surface area contributed by atoms with Gasteiger partial charge in [-0.05, 0) is 50.5 Å². The molecular weight excluding hydrogens is 438 g/mol. The van der Waals surface area contributed by atoms with Gasteiger partial charge in [-0.2, -0.15) is 26.3 Å². The summed E-state index contributed by atoms with van der Waals surface area (Å²) in [4.78, 5) is 11.4. The van der Waals surface area contributed by atoms with Gasteiger partial charge in [-0.25, -0.2) is 0 Å². The summed E-state index contributed by atoms with van der Waals surface area (Å²) in [6, 6.07) is 1.33. The number of rotatable bonds is 6. The van der Waals surface area contributed by atoms with E-state index in [1.807, 2.05) is 6.92 Å². The molecule has 0 saturated carbocycles. The van der Waals surface area contributed by atoms with Crippen LogP contribution in [0.15, 0.2) is 18.2 Å². The van der Waals surface area contributed by atoms with Crippen molar-refractivity contribution in [1.82, 2.24) is 10.6 Å². The van der Waals surface area contributed by atoms with E-state index in [0.717, 1.165) is 0 Å². The zero-order chi connectivity index (χ0) is 22.7. The van der Waals surface area contributed by atoms with Crippen molar-refractivity contribution in [2.24, 2.45) is 0 Å². The maximum absolute atomic E-state index is 13.0. The number of amides is 1. The summed E-state index contributed by atoms with van der Waals surface area (Å²) >= 11 is 5.46. The minimum atomic E-state index is -4.91. The van der Waals surface area contributed by atoms with E-state index in [0.29, 0.717) is 31.5 Å². The lowest BCUT2D eigenvalue weighted by atomic mass is 9.89. The van der Waals surface area contributed by atoms with Crippen molar-refractivity contribution in [2.75, 3.05) is 19.0 Å². The van der Waals surface area contributed by atoms with E-state index >= 15 is 0 Å². The Bertz CT molecular complexity index is 713. The molecule has 1 aromatic carbocycles. The van der Waals surface area contributed by atoms with E-state index in [1.54, 1.807) is 0 Å². The van der Waals surface area contributed by atoms with Crippen LogP contribution in [-0.2, 0) is 21.9 Å². The number of ether oxygens (including phenoxy) is 1. The van der Waals surface area contributed by atoms with Crippen LogP contribution in [0.25, 0.3) is 0 Å². The summed E-state index contributed by atoms with van der Waals surface area (Å²) in [5.41, 5.74) is -3.49. The highest BCUT2D eigenvalue weighted by atomic mass is 35.5. The maximum atomic E-state index is 13.0. The number of hydrogen-bond donors (Lipinski definition) is 2. The first-order valence-electron chi connectivity index (χ1n) is 9.25. The van der Waals surface area contributed by atoms with E-state index in [9.17, 15) is 31.1 Å². The minimum absolute atomic E-state index is 0.0714. The molecule has 0 spiro atoms. The van der Waals surface area contributed by atoms with Crippen LogP contribution in [0.1, 0.15) is 49.5 Å². The van der Waals surface area contributed by atoms with E-state index < -0.39 is 35.1 Å². The lowest BCUT2D eigenvalue weighted by Crippen LogP contribution is -2.57. The van der Waals surface area contributed by atoms with Crippen molar-refractivity contribution >= 4 is 17.5 Å². The number of benzene rings is 1. The van der Waals surface area contributed by atoms with Crippen molar-refractivity contribution in [3.8, 4) is 0 Å². The highest BCUT2D eigenvalue weighted by Gasteiger charge is 2.38. The Morgan fingerprint density at radius 1 is 1.23 bits per heavy atom. The fraction of sp³-hybridized carbons (Fsp3) is 0.632. The molecule has 1 amide bonds. The molecule has 3 unspecified atom stereocenters. The summed E-state index contributed by atoms with van der Waals surface area (Å²) in [5, 5.41) is 5.96. The monoisotopic (exact) mass is 460 g/mol. The third-order valence-electron chi connectivity index (χ3n) is 5.04. The lowest BCUT2D eigenvalue weighted by molar-refractivity contribution is -0.143. The normalized spacial score (nSPS) is 23.8. The average Bonchev–Trinajstić information content (AvgIpc) is 2.66. The molecule has 2 rings (SSSR count). The number of alkyl halides is 7. The van der Waals surface area contributed by atoms with Crippen LogP contribution in [0.4, 0.5) is 26.3 Å². The molecule has 170 valence electrons. The van der Waals surface area contributed by atoms with Crippen molar-refractivity contribution in [3.05, 3.63) is 34.9 Å². The molecular formula is C19H23ClF6N2O2. The van der Waals surface area contributed by atoms with Crippen LogP contribution in [-0.4, -0.2) is 36.5 Å². The molecule has 0 bridgehead atoms. The number of halogens is 7. The van der Waals surface area contributed by atoms with Crippen LogP contribution < -0.4 is 10.6 Å². The summed E-state index contributed by atoms with van der Waals surface area (Å²) in [6.45, 7) is 3.76. The summed E-state index contributed by atoms with van der Waals surface area (Å²) in [7, 11) is 0. The zero-order valence-corrected chi connectivity index (χ0v) is 17.1. The van der Waals surface area contributed by atoms with E-state index in [1.165, 1.54) is 6.92 Å². The van der Waals surface area contributed by atoms with Crippen molar-refractivity contribution in [2.45, 2.75) is 56.7 Å². The van der Waals surface area contributed by atoms with Crippen LogP contribution in [0.3, 0.4) is 0 Å². The molecule has 1 saturated heterocycles. The van der Waals surface area contributed by atoms with Crippen LogP contribution in [0.5, 0.6) is 0 Å². The molecule has 0 aromatic heterocycles. The molecule has 30 heavy (non-hydrogen) atoms. The van der Waals surface area contributed by atoms with Gasteiger partial charge >= 0.3 is 12.4 Å². The number of nitrogens with one attached hydrogen (secondary N) is 2. The second kappa shape index (κ2) is 9.32. The fourth-order valence-corrected chi connectivity index (χ4v) is 3.26. The van der Waals surface area contributed by atoms with Crippen molar-refractivity contribution in [3.63, 3.8) is 0 Å². The molecule has 1 fully saturated rings. The van der Waals surface area contributed by atoms with E-state index in [-0.39, 0.29) is 36.1 Å². The van der Waals surface area contributed by atoms with Crippen LogP contribution >= 0.6 is 11.6 Å². The molecule has 0 radical (unpaired) electrons. The molecule has 2 N–H and O–H groups in total. The number of piperidine rings is 1. The molecule has 1 heterocycles. The second-order valence-corrected chi connectivity index (χ2v) is 7.94. The minimum Gasteiger partial charge on any atom is -0.372 e. The molecule has 1 aromatic rings. The van der Waals surface area contributed by atoms with Crippen LogP contribution in [0, 0.1) is 0 Å². The van der Waals surface area contributed by atoms with Crippen LogP contribution in [0.2, 0.25) is 0 Å². The molecule has 3 atom stereocenters. The predicted octanol–water partition coefficient (Wildman–Crippen LogP) is 4.67. The molecule has 1 aliphatic rings. The van der Waals surface area contributed by atoms with Gasteiger partial charge in [0.25, 0.3) is 0 Å². The number of carbonyl (C=O) groups is 1. The first-order chi connectivity index (χ1) is 13.7. The average molecular weight is 461 g/mol. The standard InChI is InChI=1S/C19H23ClF6N2O2/c1-11(12-5-13(18(21,22)23)7-14(6-12)19(24,25)26)30-10-17(2)4-3-15(9-27-17)28-16(29)8-20/h5-7,11,15,27H,3-4,8-10H2,1-2H3,(H,28,29). The third-order valence-corrected chi connectivity index (χ3v) is 5.28. The van der Waals surface area contributed by atoms with Gasteiger partial charge in [0.15, 0.2) is 0 Å². The van der Waals surface area contributed by atoms with Gasteiger partial charge in [0.1, 0.15) is 5.88 Å². The van der Waals surface area contributed by atoms with E-state index in [2.05, 4.69) is 10.6 Å². The highest BCUT2D eigenvalue weighted by molar-refractivity contribution is 6.27. The van der Waals surface area contributed by atoms with Crippen molar-refractivity contribution < 1.29 is 35.9 Å².